The number of piperidine rings is 3. The van der Waals surface area contributed by atoms with Crippen LogP contribution in [0.3, 0.4) is 0 Å². The normalized spacial score (nSPS) is 26.3. The molecule has 3 heterocycles. The van der Waals surface area contributed by atoms with E-state index in [4.69, 9.17) is 14.2 Å². The number of carbonyl (C=O) groups excluding carboxylic acids is 1. The molecule has 1 amide bonds. The van der Waals surface area contributed by atoms with Gasteiger partial charge in [-0.3, -0.25) is 4.90 Å². The van der Waals surface area contributed by atoms with Crippen LogP contribution in [0.2, 0.25) is 0 Å². The molecule has 0 aromatic heterocycles. The van der Waals surface area contributed by atoms with Crippen LogP contribution in [0.15, 0.2) is 36.4 Å². The topological polar surface area (TPSA) is 60.0 Å². The van der Waals surface area contributed by atoms with Crippen LogP contribution in [0.1, 0.15) is 57.7 Å². The number of benzene rings is 2. The zero-order valence-corrected chi connectivity index (χ0v) is 21.6. The Morgan fingerprint density at radius 3 is 2.43 bits per heavy atom. The second-order valence-electron chi connectivity index (χ2n) is 11.3. The van der Waals surface area contributed by atoms with Gasteiger partial charge in [0.05, 0.1) is 19.3 Å². The smallest absolute Gasteiger partial charge is 0.407 e. The molecule has 2 aromatic rings. The van der Waals surface area contributed by atoms with E-state index in [1.54, 1.807) is 7.11 Å². The lowest BCUT2D eigenvalue weighted by molar-refractivity contribution is -0.0348. The Morgan fingerprint density at radius 2 is 1.77 bits per heavy atom. The zero-order chi connectivity index (χ0) is 24.7. The molecule has 188 valence electrons. The first kappa shape index (κ1) is 24.0. The highest BCUT2D eigenvalue weighted by molar-refractivity contribution is 5.71. The van der Waals surface area contributed by atoms with Crippen LogP contribution in [-0.2, 0) is 11.2 Å². The van der Waals surface area contributed by atoms with E-state index in [0.29, 0.717) is 5.92 Å². The molecule has 0 spiro atoms. The monoisotopic (exact) mass is 478 g/mol. The molecule has 2 aromatic carbocycles. The maximum Gasteiger partial charge on any atom is 0.407 e. The number of methoxy groups -OCH3 is 1. The van der Waals surface area contributed by atoms with Gasteiger partial charge in [0.25, 0.3) is 0 Å². The van der Waals surface area contributed by atoms with Crippen molar-refractivity contribution in [1.82, 2.24) is 10.2 Å². The highest BCUT2D eigenvalue weighted by Gasteiger charge is 2.42. The van der Waals surface area contributed by atoms with Crippen molar-refractivity contribution in [2.45, 2.75) is 65.2 Å². The molecule has 6 heteroatoms. The lowest BCUT2D eigenvalue weighted by atomic mass is 9.85. The molecule has 4 aliphatic rings. The van der Waals surface area contributed by atoms with Crippen LogP contribution in [-0.4, -0.2) is 49.9 Å². The Morgan fingerprint density at radius 1 is 1.06 bits per heavy atom. The largest absolute Gasteiger partial charge is 0.493 e. The molecule has 0 saturated carbocycles. The molecular weight excluding hydrogens is 440 g/mol. The van der Waals surface area contributed by atoms with Gasteiger partial charge in [0.2, 0.25) is 0 Å². The molecule has 0 unspecified atom stereocenters. The van der Waals surface area contributed by atoms with Gasteiger partial charge in [-0.15, -0.1) is 0 Å². The van der Waals surface area contributed by atoms with Gasteiger partial charge < -0.3 is 19.5 Å². The minimum Gasteiger partial charge on any atom is -0.493 e. The second-order valence-corrected chi connectivity index (χ2v) is 11.3. The van der Waals surface area contributed by atoms with E-state index < -0.39 is 0 Å². The van der Waals surface area contributed by atoms with Crippen molar-refractivity contribution in [3.8, 4) is 22.6 Å². The van der Waals surface area contributed by atoms with Gasteiger partial charge in [0.15, 0.2) is 11.5 Å². The third-order valence-electron chi connectivity index (χ3n) is 7.86. The fourth-order valence-corrected chi connectivity index (χ4v) is 6.04. The first-order valence-electron chi connectivity index (χ1n) is 12.9. The van der Waals surface area contributed by atoms with Crippen LogP contribution in [0.4, 0.5) is 4.79 Å². The number of fused-ring (bicyclic) bond motifs is 4. The molecule has 3 aliphatic heterocycles. The third kappa shape index (κ3) is 4.86. The minimum atomic E-state index is -0.288. The molecule has 35 heavy (non-hydrogen) atoms. The summed E-state index contributed by atoms with van der Waals surface area (Å²) in [6, 6.07) is 12.5. The molecule has 3 fully saturated rings. The van der Waals surface area contributed by atoms with Crippen LogP contribution in [0.25, 0.3) is 11.1 Å². The number of nitrogens with one attached hydrogen (secondary N) is 1. The molecule has 0 radical (unpaired) electrons. The average molecular weight is 479 g/mol. The van der Waals surface area contributed by atoms with E-state index in [1.807, 2.05) is 26.0 Å². The zero-order valence-electron chi connectivity index (χ0n) is 21.6. The summed E-state index contributed by atoms with van der Waals surface area (Å²) < 4.78 is 17.4. The fourth-order valence-electron chi connectivity index (χ4n) is 6.04. The Hall–Kier alpha value is -2.73. The quantitative estimate of drug-likeness (QED) is 0.586. The van der Waals surface area contributed by atoms with Gasteiger partial charge in [0, 0.05) is 6.54 Å². The molecule has 6 rings (SSSR count). The van der Waals surface area contributed by atoms with E-state index in [9.17, 15) is 4.79 Å². The van der Waals surface area contributed by atoms with Crippen molar-refractivity contribution < 1.29 is 19.0 Å². The summed E-state index contributed by atoms with van der Waals surface area (Å²) >= 11 is 0. The van der Waals surface area contributed by atoms with E-state index in [0.717, 1.165) is 61.5 Å². The lowest BCUT2D eigenvalue weighted by Crippen LogP contribution is -2.53. The van der Waals surface area contributed by atoms with Crippen molar-refractivity contribution in [1.29, 1.82) is 0 Å². The molecule has 1 aliphatic carbocycles. The van der Waals surface area contributed by atoms with E-state index in [-0.39, 0.29) is 29.8 Å². The predicted octanol–water partition coefficient (Wildman–Crippen LogP) is 5.59. The number of carbonyl (C=O) groups is 1. The number of hydrogen-bond acceptors (Lipinski definition) is 5. The highest BCUT2D eigenvalue weighted by atomic mass is 16.6. The lowest BCUT2D eigenvalue weighted by Gasteiger charge is -2.44. The van der Waals surface area contributed by atoms with Crippen molar-refractivity contribution in [2.24, 2.45) is 11.3 Å². The van der Waals surface area contributed by atoms with Crippen molar-refractivity contribution in [3.05, 3.63) is 47.5 Å². The Bertz CT molecular complexity index is 1090. The Balaban J connectivity index is 1.33. The SMILES string of the molecule is COc1cc(-c2ccc3c(c2)CC(C)(C)[C@H]3NC(=O)O[C@@H]2CN3CCC2CC3)ccc1OC(C)C. The number of nitrogens with zero attached hydrogens (tertiary/aromatic N) is 1. The number of ether oxygens (including phenoxy) is 3. The summed E-state index contributed by atoms with van der Waals surface area (Å²) in [6.45, 7) is 11.6. The van der Waals surface area contributed by atoms with Gasteiger partial charge in [-0.05, 0) is 91.9 Å². The summed E-state index contributed by atoms with van der Waals surface area (Å²) in [5.41, 5.74) is 4.56. The number of rotatable bonds is 6. The first-order chi connectivity index (χ1) is 16.7. The average Bonchev–Trinajstić information content (AvgIpc) is 3.08. The predicted molar refractivity (Wildman–Crippen MR) is 137 cm³/mol. The first-order valence-corrected chi connectivity index (χ1v) is 12.9. The van der Waals surface area contributed by atoms with Crippen molar-refractivity contribution >= 4 is 6.09 Å². The van der Waals surface area contributed by atoms with Crippen LogP contribution in [0.5, 0.6) is 11.5 Å². The Labute approximate surface area is 208 Å². The summed E-state index contributed by atoms with van der Waals surface area (Å²) in [6.07, 6.45) is 2.97. The maximum absolute atomic E-state index is 12.9. The number of alkyl carbamates (subject to hydrolysis) is 1. The molecule has 1 N–H and O–H groups in total. The van der Waals surface area contributed by atoms with Crippen LogP contribution in [0, 0.1) is 11.3 Å². The summed E-state index contributed by atoms with van der Waals surface area (Å²) in [7, 11) is 1.67. The molecule has 2 atom stereocenters. The van der Waals surface area contributed by atoms with E-state index in [2.05, 4.69) is 48.3 Å². The van der Waals surface area contributed by atoms with Gasteiger partial charge in [-0.2, -0.15) is 0 Å². The van der Waals surface area contributed by atoms with Crippen molar-refractivity contribution in [3.63, 3.8) is 0 Å². The summed E-state index contributed by atoms with van der Waals surface area (Å²) in [5.74, 6) is 1.98. The van der Waals surface area contributed by atoms with Crippen LogP contribution < -0.4 is 14.8 Å². The third-order valence-corrected chi connectivity index (χ3v) is 7.86. The van der Waals surface area contributed by atoms with Crippen molar-refractivity contribution in [2.75, 3.05) is 26.7 Å². The molecule has 6 nitrogen and oxygen atoms in total. The van der Waals surface area contributed by atoms with Crippen LogP contribution >= 0.6 is 0 Å². The molecular formula is C29H38N2O4. The molecule has 2 bridgehead atoms. The number of amides is 1. The molecule has 3 saturated heterocycles. The summed E-state index contributed by atoms with van der Waals surface area (Å²) in [4.78, 5) is 15.3. The van der Waals surface area contributed by atoms with Gasteiger partial charge >= 0.3 is 6.09 Å². The maximum atomic E-state index is 12.9. The van der Waals surface area contributed by atoms with Gasteiger partial charge in [0.1, 0.15) is 6.10 Å². The second kappa shape index (κ2) is 9.38. The standard InChI is InChI=1S/C29H38N2O4/c1-18(2)34-24-9-7-21(15-25(24)33-5)20-6-8-23-22(14-20)16-29(3,4)27(23)30-28(32)35-26-17-31-12-10-19(26)11-13-31/h6-9,14-15,18-19,26-27H,10-13,16-17H2,1-5H3,(H,30,32)/t26-,27+/m1/s1. The van der Waals surface area contributed by atoms with E-state index >= 15 is 0 Å². The highest BCUT2D eigenvalue weighted by Crippen LogP contribution is 2.46. The van der Waals surface area contributed by atoms with Gasteiger partial charge in [-0.1, -0.05) is 38.1 Å². The van der Waals surface area contributed by atoms with Gasteiger partial charge in [-0.25, -0.2) is 4.79 Å². The van der Waals surface area contributed by atoms with E-state index in [1.165, 1.54) is 11.1 Å². The number of hydrogen-bond donors (Lipinski definition) is 1. The summed E-state index contributed by atoms with van der Waals surface area (Å²) in [5, 5.41) is 3.22. The fraction of sp³-hybridized carbons (Fsp3) is 0.552. The Kier molecular flexibility index (Phi) is 6.43. The minimum absolute atomic E-state index is 0.0153.